The smallest absolute Gasteiger partial charge is 0.193 e. The molecule has 2 fully saturated rings. The van der Waals surface area contributed by atoms with Crippen molar-refractivity contribution in [3.05, 3.63) is 35.9 Å². The Kier molecular flexibility index (Phi) is 6.95. The lowest BCUT2D eigenvalue weighted by Crippen LogP contribution is -2.49. The first-order valence-corrected chi connectivity index (χ1v) is 10.5. The second-order valence-electron chi connectivity index (χ2n) is 7.90. The Morgan fingerprint density at radius 1 is 1.12 bits per heavy atom. The Morgan fingerprint density at radius 2 is 1.92 bits per heavy atom. The maximum atomic E-state index is 4.60. The van der Waals surface area contributed by atoms with E-state index in [1.54, 1.807) is 0 Å². The number of likely N-dealkylation sites (tertiary alicyclic amines) is 2. The summed E-state index contributed by atoms with van der Waals surface area (Å²) in [7, 11) is 1.93. The summed E-state index contributed by atoms with van der Waals surface area (Å²) in [5, 5.41) is 3.67. The molecule has 1 N–H and O–H groups in total. The fraction of sp³-hybridized carbons (Fsp3) is 0.682. The minimum Gasteiger partial charge on any atom is -0.356 e. The molecule has 2 aliphatic rings. The molecule has 3 atom stereocenters. The summed E-state index contributed by atoms with van der Waals surface area (Å²) in [4.78, 5) is 9.63. The lowest BCUT2D eigenvalue weighted by Gasteiger charge is -2.40. The highest BCUT2D eigenvalue weighted by atomic mass is 15.3. The number of rotatable bonds is 5. The molecule has 0 aliphatic carbocycles. The van der Waals surface area contributed by atoms with Crippen LogP contribution in [-0.2, 0) is 0 Å². The lowest BCUT2D eigenvalue weighted by molar-refractivity contribution is 0.215. The first-order valence-electron chi connectivity index (χ1n) is 10.5. The number of nitrogens with zero attached hydrogens (tertiary/aromatic N) is 3. The number of benzene rings is 1. The molecule has 0 bridgehead atoms. The maximum absolute atomic E-state index is 4.60. The van der Waals surface area contributed by atoms with E-state index in [1.165, 1.54) is 44.5 Å². The molecule has 0 radical (unpaired) electrons. The number of guanidine groups is 1. The van der Waals surface area contributed by atoms with Crippen LogP contribution in [0, 0.1) is 11.8 Å². The van der Waals surface area contributed by atoms with E-state index in [-0.39, 0.29) is 0 Å². The topological polar surface area (TPSA) is 30.9 Å². The van der Waals surface area contributed by atoms with E-state index < -0.39 is 0 Å². The highest BCUT2D eigenvalue weighted by Gasteiger charge is 2.31. The van der Waals surface area contributed by atoms with Crippen molar-refractivity contribution in [3.63, 3.8) is 0 Å². The Bertz CT molecular complexity index is 571. The second kappa shape index (κ2) is 9.40. The Balaban J connectivity index is 1.55. The summed E-state index contributed by atoms with van der Waals surface area (Å²) < 4.78 is 0. The lowest BCUT2D eigenvalue weighted by atomic mass is 9.79. The minimum atomic E-state index is 0.684. The quantitative estimate of drug-likeness (QED) is 0.648. The number of hydrogen-bond donors (Lipinski definition) is 1. The molecular weight excluding hydrogens is 320 g/mol. The third-order valence-corrected chi connectivity index (χ3v) is 6.36. The molecule has 26 heavy (non-hydrogen) atoms. The van der Waals surface area contributed by atoms with Gasteiger partial charge in [0.2, 0.25) is 0 Å². The number of hydrogen-bond acceptors (Lipinski definition) is 2. The molecule has 0 saturated carbocycles. The zero-order valence-corrected chi connectivity index (χ0v) is 16.8. The Labute approximate surface area is 159 Å². The van der Waals surface area contributed by atoms with Crippen LogP contribution in [0.15, 0.2) is 35.3 Å². The summed E-state index contributed by atoms with van der Waals surface area (Å²) in [5.41, 5.74) is 1.51. The van der Waals surface area contributed by atoms with E-state index >= 15 is 0 Å². The van der Waals surface area contributed by atoms with Gasteiger partial charge in [-0.1, -0.05) is 50.6 Å². The van der Waals surface area contributed by atoms with Gasteiger partial charge in [-0.25, -0.2) is 0 Å². The van der Waals surface area contributed by atoms with E-state index in [4.69, 9.17) is 0 Å². The second-order valence-corrected chi connectivity index (χ2v) is 7.90. The van der Waals surface area contributed by atoms with Crippen LogP contribution < -0.4 is 5.32 Å². The largest absolute Gasteiger partial charge is 0.356 e. The van der Waals surface area contributed by atoms with Gasteiger partial charge >= 0.3 is 0 Å². The number of nitrogens with one attached hydrogen (secondary N) is 1. The molecule has 2 heterocycles. The van der Waals surface area contributed by atoms with E-state index in [1.807, 2.05) is 7.05 Å². The van der Waals surface area contributed by atoms with Gasteiger partial charge in [-0.2, -0.15) is 0 Å². The van der Waals surface area contributed by atoms with Crippen LogP contribution in [-0.4, -0.2) is 62.1 Å². The van der Waals surface area contributed by atoms with Gasteiger partial charge in [0.25, 0.3) is 0 Å². The molecular formula is C22H36N4. The van der Waals surface area contributed by atoms with E-state index in [2.05, 4.69) is 64.3 Å². The number of piperidine rings is 1. The van der Waals surface area contributed by atoms with Crippen LogP contribution in [0.2, 0.25) is 0 Å². The third kappa shape index (κ3) is 4.59. The van der Waals surface area contributed by atoms with E-state index in [0.717, 1.165) is 31.5 Å². The highest BCUT2D eigenvalue weighted by molar-refractivity contribution is 5.80. The molecule has 0 amide bonds. The molecule has 2 saturated heterocycles. The fourth-order valence-electron chi connectivity index (χ4n) is 4.71. The van der Waals surface area contributed by atoms with Gasteiger partial charge in [0.05, 0.1) is 0 Å². The van der Waals surface area contributed by atoms with E-state index in [0.29, 0.717) is 11.8 Å². The van der Waals surface area contributed by atoms with Gasteiger partial charge in [0.15, 0.2) is 5.96 Å². The van der Waals surface area contributed by atoms with Crippen molar-refractivity contribution < 1.29 is 0 Å². The van der Waals surface area contributed by atoms with Crippen LogP contribution in [0.25, 0.3) is 0 Å². The van der Waals surface area contributed by atoms with Gasteiger partial charge in [-0.15, -0.1) is 0 Å². The summed E-state index contributed by atoms with van der Waals surface area (Å²) in [6, 6.07) is 11.1. The standard InChI is InChI=1S/C22H36N4/c1-4-19-17-26(14-12-21(19)20-9-7-6-8-10-20)22(23-3)24-15-18-11-13-25(5-2)16-18/h6-10,18-19,21H,4-5,11-17H2,1-3H3,(H,23,24). The van der Waals surface area contributed by atoms with Crippen molar-refractivity contribution in [2.24, 2.45) is 16.8 Å². The molecule has 2 aliphatic heterocycles. The average molecular weight is 357 g/mol. The Hall–Kier alpha value is -1.55. The zero-order valence-electron chi connectivity index (χ0n) is 16.8. The van der Waals surface area contributed by atoms with E-state index in [9.17, 15) is 0 Å². The van der Waals surface area contributed by atoms with Crippen molar-refractivity contribution >= 4 is 5.96 Å². The fourth-order valence-corrected chi connectivity index (χ4v) is 4.71. The van der Waals surface area contributed by atoms with Crippen molar-refractivity contribution in [1.82, 2.24) is 15.1 Å². The summed E-state index contributed by atoms with van der Waals surface area (Å²) >= 11 is 0. The van der Waals surface area contributed by atoms with Crippen LogP contribution in [0.5, 0.6) is 0 Å². The molecule has 3 rings (SSSR count). The molecule has 1 aromatic carbocycles. The van der Waals surface area contributed by atoms with Crippen LogP contribution in [0.1, 0.15) is 44.6 Å². The third-order valence-electron chi connectivity index (χ3n) is 6.36. The van der Waals surface area contributed by atoms with Crippen molar-refractivity contribution in [3.8, 4) is 0 Å². The predicted octanol–water partition coefficient (Wildman–Crippen LogP) is 3.42. The van der Waals surface area contributed by atoms with Crippen LogP contribution in [0.3, 0.4) is 0 Å². The van der Waals surface area contributed by atoms with Gasteiger partial charge in [-0.05, 0) is 49.2 Å². The minimum absolute atomic E-state index is 0.684. The molecule has 0 aromatic heterocycles. The van der Waals surface area contributed by atoms with Crippen LogP contribution >= 0.6 is 0 Å². The highest BCUT2D eigenvalue weighted by Crippen LogP contribution is 2.34. The molecule has 144 valence electrons. The molecule has 3 unspecified atom stereocenters. The van der Waals surface area contributed by atoms with Crippen LogP contribution in [0.4, 0.5) is 0 Å². The monoisotopic (exact) mass is 356 g/mol. The van der Waals surface area contributed by atoms with Gasteiger partial charge in [-0.3, -0.25) is 4.99 Å². The normalized spacial score (nSPS) is 27.7. The summed E-state index contributed by atoms with van der Waals surface area (Å²) in [6.07, 6.45) is 3.75. The van der Waals surface area contributed by atoms with Crippen molar-refractivity contribution in [1.29, 1.82) is 0 Å². The Morgan fingerprint density at radius 3 is 2.58 bits per heavy atom. The predicted molar refractivity (Wildman–Crippen MR) is 111 cm³/mol. The first kappa shape index (κ1) is 19.2. The molecule has 4 nitrogen and oxygen atoms in total. The number of aliphatic imine (C=N–C) groups is 1. The summed E-state index contributed by atoms with van der Waals surface area (Å²) in [6.45, 7) is 11.5. The SMILES string of the molecule is CCC1CN(C(=NC)NCC2CCN(CC)C2)CCC1c1ccccc1. The molecule has 4 heteroatoms. The first-order chi connectivity index (χ1) is 12.7. The molecule has 1 aromatic rings. The zero-order chi connectivity index (χ0) is 18.4. The molecule has 0 spiro atoms. The van der Waals surface area contributed by atoms with Crippen molar-refractivity contribution in [2.75, 3.05) is 46.3 Å². The van der Waals surface area contributed by atoms with Crippen molar-refractivity contribution in [2.45, 2.75) is 39.0 Å². The van der Waals surface area contributed by atoms with Gasteiger partial charge in [0, 0.05) is 33.2 Å². The van der Waals surface area contributed by atoms with Gasteiger partial charge < -0.3 is 15.1 Å². The maximum Gasteiger partial charge on any atom is 0.193 e. The average Bonchev–Trinajstić information content (AvgIpc) is 3.17. The van der Waals surface area contributed by atoms with Gasteiger partial charge in [0.1, 0.15) is 0 Å². The summed E-state index contributed by atoms with van der Waals surface area (Å²) in [5.74, 6) is 3.25.